The van der Waals surface area contributed by atoms with E-state index >= 15 is 0 Å². The third-order valence-electron chi connectivity index (χ3n) is 3.64. The highest BCUT2D eigenvalue weighted by Crippen LogP contribution is 2.53. The van der Waals surface area contributed by atoms with Crippen LogP contribution in [0.4, 0.5) is 30.7 Å². The zero-order chi connectivity index (χ0) is 17.6. The van der Waals surface area contributed by atoms with Crippen molar-refractivity contribution in [3.63, 3.8) is 0 Å². The Balaban J connectivity index is 2.88. The largest absolute Gasteiger partial charge is 0.460 e. The Bertz CT molecular complexity index is 734. The molecule has 126 valence electrons. The summed E-state index contributed by atoms with van der Waals surface area (Å²) in [5.41, 5.74) is -1.69. The van der Waals surface area contributed by atoms with Crippen molar-refractivity contribution in [1.82, 2.24) is 4.98 Å². The Morgan fingerprint density at radius 1 is 0.957 bits per heavy atom. The molecule has 0 fully saturated rings. The van der Waals surface area contributed by atoms with Gasteiger partial charge in [-0.15, -0.1) is 0 Å². The van der Waals surface area contributed by atoms with E-state index in [-0.39, 0.29) is 23.2 Å². The number of aromatic nitrogens is 1. The highest BCUT2D eigenvalue weighted by Gasteiger charge is 2.74. The molecule has 1 aromatic carbocycles. The molecule has 0 bridgehead atoms. The molecule has 0 aliphatic rings. The van der Waals surface area contributed by atoms with Crippen molar-refractivity contribution in [2.45, 2.75) is 38.3 Å². The number of halogens is 7. The van der Waals surface area contributed by atoms with Gasteiger partial charge in [0.2, 0.25) is 0 Å². The van der Waals surface area contributed by atoms with Crippen molar-refractivity contribution in [1.29, 1.82) is 0 Å². The molecule has 0 unspecified atom stereocenters. The monoisotopic (exact) mass is 339 g/mol. The number of para-hydroxylation sites is 1. The van der Waals surface area contributed by atoms with Crippen molar-refractivity contribution in [2.75, 3.05) is 0 Å². The fraction of sp³-hybridized carbons (Fsp3) is 0.400. The predicted octanol–water partition coefficient (Wildman–Crippen LogP) is 5.40. The second kappa shape index (κ2) is 5.35. The van der Waals surface area contributed by atoms with E-state index in [4.69, 9.17) is 0 Å². The van der Waals surface area contributed by atoms with Gasteiger partial charge in [-0.2, -0.15) is 30.7 Å². The number of pyridine rings is 1. The molecule has 0 amide bonds. The van der Waals surface area contributed by atoms with Crippen LogP contribution in [0.3, 0.4) is 0 Å². The molecular weight excluding hydrogens is 327 g/mol. The second-order valence-electron chi connectivity index (χ2n) is 5.08. The van der Waals surface area contributed by atoms with Gasteiger partial charge in [0.15, 0.2) is 0 Å². The number of fused-ring (bicyclic) bond motifs is 1. The molecule has 0 radical (unpaired) electrons. The van der Waals surface area contributed by atoms with Crippen molar-refractivity contribution in [3.05, 3.63) is 41.1 Å². The van der Waals surface area contributed by atoms with Gasteiger partial charge in [0.05, 0.1) is 5.52 Å². The third kappa shape index (κ3) is 2.53. The molecule has 0 aliphatic carbocycles. The molecule has 0 saturated heterocycles. The van der Waals surface area contributed by atoms with E-state index in [0.717, 1.165) is 13.0 Å². The van der Waals surface area contributed by atoms with Crippen LogP contribution in [0, 0.1) is 6.92 Å². The minimum Gasteiger partial charge on any atom is -0.253 e. The molecule has 0 N–H and O–H groups in total. The maximum absolute atomic E-state index is 14.2. The Kier molecular flexibility index (Phi) is 4.07. The van der Waals surface area contributed by atoms with Crippen molar-refractivity contribution < 1.29 is 30.7 Å². The van der Waals surface area contributed by atoms with Crippen LogP contribution in [0.25, 0.3) is 10.9 Å². The number of benzene rings is 1. The molecule has 0 spiro atoms. The van der Waals surface area contributed by atoms with Gasteiger partial charge in [-0.3, -0.25) is 4.98 Å². The van der Waals surface area contributed by atoms with Crippen molar-refractivity contribution in [3.8, 4) is 0 Å². The molecular formula is C15H12F7N. The Morgan fingerprint density at radius 2 is 1.52 bits per heavy atom. The fourth-order valence-corrected chi connectivity index (χ4v) is 2.44. The number of hydrogen-bond acceptors (Lipinski definition) is 1. The maximum atomic E-state index is 14.2. The first-order chi connectivity index (χ1) is 10.4. The van der Waals surface area contributed by atoms with Gasteiger partial charge in [-0.1, -0.05) is 25.1 Å². The summed E-state index contributed by atoms with van der Waals surface area (Å²) in [4.78, 5) is 4.05. The minimum atomic E-state index is -6.38. The summed E-state index contributed by atoms with van der Waals surface area (Å²) in [6.45, 7) is 2.63. The molecule has 23 heavy (non-hydrogen) atoms. The summed E-state index contributed by atoms with van der Waals surface area (Å²) < 4.78 is 92.8. The van der Waals surface area contributed by atoms with Crippen molar-refractivity contribution >= 4 is 10.9 Å². The van der Waals surface area contributed by atoms with Gasteiger partial charge in [-0.05, 0) is 25.0 Å². The SMILES string of the molecule is CCc1nc2ccccc2c(C(F)(F)C(F)(F)C(F)(F)F)c1C. The lowest BCUT2D eigenvalue weighted by molar-refractivity contribution is -0.359. The summed E-state index contributed by atoms with van der Waals surface area (Å²) in [5.74, 6) is -11.6. The average molecular weight is 339 g/mol. The van der Waals surface area contributed by atoms with E-state index in [0.29, 0.717) is 0 Å². The smallest absolute Gasteiger partial charge is 0.253 e. The van der Waals surface area contributed by atoms with E-state index in [2.05, 4.69) is 4.98 Å². The van der Waals surface area contributed by atoms with Gasteiger partial charge in [-0.25, -0.2) is 0 Å². The van der Waals surface area contributed by atoms with Gasteiger partial charge in [0, 0.05) is 16.6 Å². The summed E-state index contributed by atoms with van der Waals surface area (Å²) in [6, 6.07) is 5.07. The van der Waals surface area contributed by atoms with Crippen LogP contribution >= 0.6 is 0 Å². The molecule has 1 nitrogen and oxygen atoms in total. The summed E-state index contributed by atoms with van der Waals surface area (Å²) in [6.07, 6.45) is -6.25. The molecule has 8 heteroatoms. The average Bonchev–Trinajstić information content (AvgIpc) is 2.44. The number of aryl methyl sites for hydroxylation is 1. The number of nitrogens with zero attached hydrogens (tertiary/aromatic N) is 1. The minimum absolute atomic E-state index is 0.0522. The predicted molar refractivity (Wildman–Crippen MR) is 70.8 cm³/mol. The molecule has 1 heterocycles. The normalized spacial score (nSPS) is 13.6. The molecule has 1 aromatic heterocycles. The molecule has 0 aliphatic heterocycles. The number of hydrogen-bond donors (Lipinski definition) is 0. The Morgan fingerprint density at radius 3 is 2.04 bits per heavy atom. The van der Waals surface area contributed by atoms with Crippen LogP contribution < -0.4 is 0 Å². The zero-order valence-corrected chi connectivity index (χ0v) is 12.1. The second-order valence-corrected chi connectivity index (χ2v) is 5.08. The number of alkyl halides is 7. The summed E-state index contributed by atoms with van der Waals surface area (Å²) >= 11 is 0. The van der Waals surface area contributed by atoms with Crippen LogP contribution in [-0.2, 0) is 12.3 Å². The lowest BCUT2D eigenvalue weighted by Crippen LogP contribution is -2.50. The van der Waals surface area contributed by atoms with Crippen LogP contribution in [-0.4, -0.2) is 17.1 Å². The van der Waals surface area contributed by atoms with Crippen LogP contribution in [0.5, 0.6) is 0 Å². The van der Waals surface area contributed by atoms with E-state index in [1.807, 2.05) is 0 Å². The van der Waals surface area contributed by atoms with E-state index in [9.17, 15) is 30.7 Å². The standard InChI is InChI=1S/C15H12F7N/c1-3-10-8(2)12(9-6-4-5-7-11(9)23-10)13(16,17)14(18,19)15(20,21)22/h4-7H,3H2,1-2H3. The first-order valence-electron chi connectivity index (χ1n) is 6.66. The number of rotatable bonds is 3. The van der Waals surface area contributed by atoms with E-state index in [1.165, 1.54) is 18.2 Å². The highest BCUT2D eigenvalue weighted by molar-refractivity contribution is 5.84. The fourth-order valence-electron chi connectivity index (χ4n) is 2.44. The first kappa shape index (κ1) is 17.5. The van der Waals surface area contributed by atoms with E-state index in [1.54, 1.807) is 6.92 Å². The van der Waals surface area contributed by atoms with Gasteiger partial charge < -0.3 is 0 Å². The van der Waals surface area contributed by atoms with Crippen molar-refractivity contribution in [2.24, 2.45) is 0 Å². The first-order valence-corrected chi connectivity index (χ1v) is 6.66. The van der Waals surface area contributed by atoms with Gasteiger partial charge in [0.1, 0.15) is 0 Å². The summed E-state index contributed by atoms with van der Waals surface area (Å²) in [7, 11) is 0. The lowest BCUT2D eigenvalue weighted by Gasteiger charge is -2.30. The van der Waals surface area contributed by atoms with Crippen LogP contribution in [0.2, 0.25) is 0 Å². The molecule has 2 aromatic rings. The third-order valence-corrected chi connectivity index (χ3v) is 3.64. The lowest BCUT2D eigenvalue weighted by atomic mass is 9.92. The topological polar surface area (TPSA) is 12.9 Å². The molecule has 2 rings (SSSR count). The zero-order valence-electron chi connectivity index (χ0n) is 12.1. The summed E-state index contributed by atoms with van der Waals surface area (Å²) in [5, 5.41) is -0.420. The van der Waals surface area contributed by atoms with Crippen LogP contribution in [0.1, 0.15) is 23.7 Å². The quantitative estimate of drug-likeness (QED) is 0.683. The Hall–Kier alpha value is -1.86. The molecule has 0 atom stereocenters. The maximum Gasteiger partial charge on any atom is 0.460 e. The molecule has 0 saturated carbocycles. The van der Waals surface area contributed by atoms with E-state index < -0.39 is 29.0 Å². The van der Waals surface area contributed by atoms with Gasteiger partial charge in [0.25, 0.3) is 0 Å². The Labute approximate surface area is 127 Å². The van der Waals surface area contributed by atoms with Crippen LogP contribution in [0.15, 0.2) is 24.3 Å². The van der Waals surface area contributed by atoms with Gasteiger partial charge >= 0.3 is 18.0 Å². The highest BCUT2D eigenvalue weighted by atomic mass is 19.4.